The van der Waals surface area contributed by atoms with Crippen molar-refractivity contribution in [2.24, 2.45) is 0 Å². The van der Waals surface area contributed by atoms with Crippen LogP contribution in [0.15, 0.2) is 0 Å². The first-order chi connectivity index (χ1) is 4.59. The van der Waals surface area contributed by atoms with E-state index < -0.39 is 12.0 Å². The van der Waals surface area contributed by atoms with Gasteiger partial charge >= 0.3 is 5.97 Å². The molecule has 10 heavy (non-hydrogen) atoms. The Morgan fingerprint density at radius 1 is 1.90 bits per heavy atom. The standard InChI is InChI=1S/C6H10N2O2/c1-5(6(9)10)8(2)4-3-7/h5H,4H2,1-2H3,(H,9,10). The Bertz CT molecular complexity index is 162. The molecule has 1 unspecified atom stereocenters. The first kappa shape index (κ1) is 8.92. The first-order valence-corrected chi connectivity index (χ1v) is 2.89. The van der Waals surface area contributed by atoms with Gasteiger partial charge in [-0.15, -0.1) is 0 Å². The number of nitrogens with zero attached hydrogens (tertiary/aromatic N) is 2. The van der Waals surface area contributed by atoms with Gasteiger partial charge in [-0.25, -0.2) is 0 Å². The van der Waals surface area contributed by atoms with Crippen LogP contribution < -0.4 is 0 Å². The van der Waals surface area contributed by atoms with E-state index in [0.717, 1.165) is 0 Å². The van der Waals surface area contributed by atoms with E-state index in [1.165, 1.54) is 4.90 Å². The predicted molar refractivity (Wildman–Crippen MR) is 35.3 cm³/mol. The van der Waals surface area contributed by atoms with Crippen molar-refractivity contribution in [1.29, 1.82) is 5.26 Å². The topological polar surface area (TPSA) is 64.3 Å². The summed E-state index contributed by atoms with van der Waals surface area (Å²) in [6.07, 6.45) is 0. The van der Waals surface area contributed by atoms with E-state index in [0.29, 0.717) is 0 Å². The Kier molecular flexibility index (Phi) is 3.44. The second kappa shape index (κ2) is 3.85. The summed E-state index contributed by atoms with van der Waals surface area (Å²) in [6, 6.07) is 1.28. The fraction of sp³-hybridized carbons (Fsp3) is 0.667. The van der Waals surface area contributed by atoms with Crippen LogP contribution in [0.2, 0.25) is 0 Å². The van der Waals surface area contributed by atoms with Crippen LogP contribution in [0.25, 0.3) is 0 Å². The van der Waals surface area contributed by atoms with Gasteiger partial charge in [0.2, 0.25) is 0 Å². The molecule has 0 aromatic rings. The van der Waals surface area contributed by atoms with Crippen molar-refractivity contribution in [3.8, 4) is 6.07 Å². The van der Waals surface area contributed by atoms with Gasteiger partial charge in [-0.1, -0.05) is 0 Å². The van der Waals surface area contributed by atoms with Gasteiger partial charge in [0.05, 0.1) is 12.6 Å². The number of rotatable bonds is 3. The molecule has 0 aliphatic heterocycles. The summed E-state index contributed by atoms with van der Waals surface area (Å²) >= 11 is 0. The van der Waals surface area contributed by atoms with Crippen molar-refractivity contribution in [3.63, 3.8) is 0 Å². The molecule has 0 rings (SSSR count). The monoisotopic (exact) mass is 142 g/mol. The van der Waals surface area contributed by atoms with Crippen LogP contribution in [-0.4, -0.2) is 35.6 Å². The Labute approximate surface area is 59.7 Å². The second-order valence-electron chi connectivity index (χ2n) is 2.09. The molecular weight excluding hydrogens is 132 g/mol. The van der Waals surface area contributed by atoms with Gasteiger partial charge in [-0.3, -0.25) is 9.69 Å². The van der Waals surface area contributed by atoms with Crippen LogP contribution >= 0.6 is 0 Å². The van der Waals surface area contributed by atoms with Gasteiger partial charge in [-0.05, 0) is 14.0 Å². The van der Waals surface area contributed by atoms with Crippen molar-refractivity contribution in [2.75, 3.05) is 13.6 Å². The minimum absolute atomic E-state index is 0.146. The van der Waals surface area contributed by atoms with Crippen molar-refractivity contribution >= 4 is 5.97 Å². The fourth-order valence-corrected chi connectivity index (χ4v) is 0.437. The smallest absolute Gasteiger partial charge is 0.320 e. The van der Waals surface area contributed by atoms with E-state index in [1.807, 2.05) is 6.07 Å². The Balaban J connectivity index is 3.84. The molecule has 0 aliphatic carbocycles. The maximum atomic E-state index is 10.3. The van der Waals surface area contributed by atoms with Gasteiger partial charge in [0, 0.05) is 0 Å². The van der Waals surface area contributed by atoms with E-state index >= 15 is 0 Å². The van der Waals surface area contributed by atoms with Crippen LogP contribution in [0.1, 0.15) is 6.92 Å². The first-order valence-electron chi connectivity index (χ1n) is 2.89. The molecule has 1 atom stereocenters. The molecule has 0 spiro atoms. The summed E-state index contributed by atoms with van der Waals surface area (Å²) in [5.41, 5.74) is 0. The third-order valence-corrected chi connectivity index (χ3v) is 1.34. The van der Waals surface area contributed by atoms with Crippen LogP contribution in [0.3, 0.4) is 0 Å². The number of aliphatic carboxylic acids is 1. The lowest BCUT2D eigenvalue weighted by atomic mass is 10.3. The van der Waals surface area contributed by atoms with Crippen LogP contribution in [0.5, 0.6) is 0 Å². The molecule has 0 saturated heterocycles. The van der Waals surface area contributed by atoms with Gasteiger partial charge in [-0.2, -0.15) is 5.26 Å². The summed E-state index contributed by atoms with van der Waals surface area (Å²) < 4.78 is 0. The molecule has 0 bridgehead atoms. The average molecular weight is 142 g/mol. The van der Waals surface area contributed by atoms with Crippen LogP contribution in [-0.2, 0) is 4.79 Å². The van der Waals surface area contributed by atoms with Gasteiger partial charge < -0.3 is 5.11 Å². The predicted octanol–water partition coefficient (Wildman–Crippen LogP) is -0.0851. The molecule has 0 heterocycles. The number of likely N-dealkylation sites (N-methyl/N-ethyl adjacent to an activating group) is 1. The molecule has 0 aliphatic rings. The molecule has 4 heteroatoms. The van der Waals surface area contributed by atoms with E-state index in [2.05, 4.69) is 0 Å². The lowest BCUT2D eigenvalue weighted by Gasteiger charge is -2.16. The molecule has 0 saturated carbocycles. The second-order valence-corrected chi connectivity index (χ2v) is 2.09. The zero-order chi connectivity index (χ0) is 8.15. The molecule has 1 N–H and O–H groups in total. The van der Waals surface area contributed by atoms with E-state index in [9.17, 15) is 4.79 Å². The SMILES string of the molecule is CC(C(=O)O)N(C)CC#N. The normalized spacial score (nSPS) is 12.6. The summed E-state index contributed by atoms with van der Waals surface area (Å²) in [5, 5.41) is 16.6. The Morgan fingerprint density at radius 3 is 2.70 bits per heavy atom. The summed E-state index contributed by atoms with van der Waals surface area (Å²) in [6.45, 7) is 1.69. The highest BCUT2D eigenvalue weighted by molar-refractivity contribution is 5.72. The quantitative estimate of drug-likeness (QED) is 0.559. The molecule has 56 valence electrons. The molecule has 0 radical (unpaired) electrons. The maximum absolute atomic E-state index is 10.3. The minimum Gasteiger partial charge on any atom is -0.480 e. The molecule has 0 aromatic heterocycles. The summed E-state index contributed by atoms with van der Waals surface area (Å²) in [7, 11) is 1.60. The molecular formula is C6H10N2O2. The lowest BCUT2D eigenvalue weighted by Crippen LogP contribution is -2.35. The third-order valence-electron chi connectivity index (χ3n) is 1.34. The molecule has 4 nitrogen and oxygen atoms in total. The largest absolute Gasteiger partial charge is 0.480 e. The molecule has 0 amide bonds. The number of carbonyl (C=O) groups is 1. The van der Waals surface area contributed by atoms with Gasteiger partial charge in [0.1, 0.15) is 6.04 Å². The van der Waals surface area contributed by atoms with Gasteiger partial charge in [0.25, 0.3) is 0 Å². The fourth-order valence-electron chi connectivity index (χ4n) is 0.437. The van der Waals surface area contributed by atoms with Crippen molar-refractivity contribution in [2.45, 2.75) is 13.0 Å². The van der Waals surface area contributed by atoms with E-state index in [-0.39, 0.29) is 6.54 Å². The molecule has 0 aromatic carbocycles. The summed E-state index contributed by atoms with van der Waals surface area (Å²) in [5.74, 6) is -0.905. The highest BCUT2D eigenvalue weighted by atomic mass is 16.4. The number of hydrogen-bond donors (Lipinski definition) is 1. The number of carboxylic acids is 1. The average Bonchev–Trinajstić information content (AvgIpc) is 1.87. The zero-order valence-corrected chi connectivity index (χ0v) is 6.03. The number of carboxylic acid groups (broad SMARTS) is 1. The van der Waals surface area contributed by atoms with Crippen molar-refractivity contribution in [1.82, 2.24) is 4.90 Å². The number of nitriles is 1. The zero-order valence-electron chi connectivity index (χ0n) is 6.03. The van der Waals surface area contributed by atoms with Crippen molar-refractivity contribution in [3.05, 3.63) is 0 Å². The molecule has 0 fully saturated rings. The summed E-state index contributed by atoms with van der Waals surface area (Å²) in [4.78, 5) is 11.7. The van der Waals surface area contributed by atoms with Crippen LogP contribution in [0.4, 0.5) is 0 Å². The highest BCUT2D eigenvalue weighted by Gasteiger charge is 2.15. The Hall–Kier alpha value is -1.08. The third kappa shape index (κ3) is 2.46. The highest BCUT2D eigenvalue weighted by Crippen LogP contribution is 1.92. The Morgan fingerprint density at radius 2 is 2.40 bits per heavy atom. The van der Waals surface area contributed by atoms with E-state index in [1.54, 1.807) is 14.0 Å². The van der Waals surface area contributed by atoms with Gasteiger partial charge in [0.15, 0.2) is 0 Å². The number of hydrogen-bond acceptors (Lipinski definition) is 3. The van der Waals surface area contributed by atoms with Crippen molar-refractivity contribution < 1.29 is 9.90 Å². The maximum Gasteiger partial charge on any atom is 0.320 e. The van der Waals surface area contributed by atoms with E-state index in [4.69, 9.17) is 10.4 Å². The minimum atomic E-state index is -0.905. The lowest BCUT2D eigenvalue weighted by molar-refractivity contribution is -0.141. The van der Waals surface area contributed by atoms with Crippen LogP contribution in [0, 0.1) is 11.3 Å².